The van der Waals surface area contributed by atoms with Gasteiger partial charge in [-0.1, -0.05) is 18.2 Å². The zero-order chi connectivity index (χ0) is 21.2. The Morgan fingerprint density at radius 2 is 1.68 bits per heavy atom. The average molecular weight is 423 g/mol. The zero-order valence-corrected chi connectivity index (χ0v) is 17.7. The molecule has 0 aliphatic carbocycles. The van der Waals surface area contributed by atoms with E-state index in [0.29, 0.717) is 5.69 Å². The molecule has 3 aromatic rings. The number of benzene rings is 2. The molecule has 2 aliphatic heterocycles. The molecular weight excluding hydrogens is 394 g/mol. The van der Waals surface area contributed by atoms with Gasteiger partial charge in [-0.15, -0.1) is 0 Å². The summed E-state index contributed by atoms with van der Waals surface area (Å²) in [6.07, 6.45) is 5.26. The number of nitrogens with zero attached hydrogens (tertiary/aromatic N) is 3. The number of aromatic nitrogens is 1. The summed E-state index contributed by atoms with van der Waals surface area (Å²) < 4.78 is 27.7. The first-order valence-corrected chi connectivity index (χ1v) is 11.1. The van der Waals surface area contributed by atoms with Crippen LogP contribution < -0.4 is 4.90 Å². The van der Waals surface area contributed by atoms with E-state index < -0.39 is 0 Å². The molecule has 2 aromatic carbocycles. The Morgan fingerprint density at radius 3 is 2.45 bits per heavy atom. The van der Waals surface area contributed by atoms with Crippen molar-refractivity contribution < 1.29 is 8.78 Å². The van der Waals surface area contributed by atoms with Gasteiger partial charge in [0, 0.05) is 75.0 Å². The van der Waals surface area contributed by atoms with Crippen molar-refractivity contribution in [3.05, 3.63) is 71.9 Å². The molecule has 0 spiro atoms. The number of rotatable bonds is 5. The maximum absolute atomic E-state index is 14.0. The lowest BCUT2D eigenvalue weighted by Gasteiger charge is -2.37. The predicted molar refractivity (Wildman–Crippen MR) is 122 cm³/mol. The fraction of sp³-hybridized carbons (Fsp3) is 0.360. The van der Waals surface area contributed by atoms with Crippen molar-refractivity contribution in [1.82, 2.24) is 14.8 Å². The summed E-state index contributed by atoms with van der Waals surface area (Å²) in [4.78, 5) is 10.3. The molecule has 5 rings (SSSR count). The molecule has 0 atom stereocenters. The minimum atomic E-state index is -0.193. The van der Waals surface area contributed by atoms with Gasteiger partial charge in [-0.2, -0.15) is 0 Å². The molecule has 0 radical (unpaired) electrons. The smallest absolute Gasteiger partial charge is 0.146 e. The number of nitrogens with one attached hydrogen (secondary N) is 1. The maximum atomic E-state index is 14.0. The third-order valence-corrected chi connectivity index (χ3v) is 6.58. The fourth-order valence-electron chi connectivity index (χ4n) is 4.72. The van der Waals surface area contributed by atoms with Crippen LogP contribution in [-0.2, 0) is 0 Å². The molecule has 6 heteroatoms. The number of aromatic amines is 1. The zero-order valence-electron chi connectivity index (χ0n) is 17.7. The van der Waals surface area contributed by atoms with Crippen LogP contribution in [0.2, 0.25) is 0 Å². The van der Waals surface area contributed by atoms with Crippen LogP contribution in [-0.4, -0.2) is 67.1 Å². The lowest BCUT2D eigenvalue weighted by molar-refractivity contribution is 0.205. The van der Waals surface area contributed by atoms with E-state index in [9.17, 15) is 8.78 Å². The summed E-state index contributed by atoms with van der Waals surface area (Å²) in [5, 5.41) is 0.965. The molecule has 31 heavy (non-hydrogen) atoms. The first-order chi connectivity index (χ1) is 15.2. The van der Waals surface area contributed by atoms with Gasteiger partial charge < -0.3 is 9.88 Å². The van der Waals surface area contributed by atoms with Crippen LogP contribution in [0.1, 0.15) is 12.0 Å². The third kappa shape index (κ3) is 4.36. The molecule has 0 amide bonds. The Kier molecular flexibility index (Phi) is 5.74. The van der Waals surface area contributed by atoms with Gasteiger partial charge in [-0.05, 0) is 42.3 Å². The molecule has 1 saturated heterocycles. The molecule has 2 aliphatic rings. The summed E-state index contributed by atoms with van der Waals surface area (Å²) in [6.45, 7) is 7.66. The van der Waals surface area contributed by atoms with Crippen molar-refractivity contribution in [3.8, 4) is 0 Å². The summed E-state index contributed by atoms with van der Waals surface area (Å²) >= 11 is 0. The summed E-state index contributed by atoms with van der Waals surface area (Å²) in [5.41, 5.74) is 4.12. The summed E-state index contributed by atoms with van der Waals surface area (Å²) in [7, 11) is 0. The maximum Gasteiger partial charge on any atom is 0.146 e. The Hall–Kier alpha value is -2.70. The van der Waals surface area contributed by atoms with Gasteiger partial charge in [0.05, 0.1) is 5.69 Å². The molecule has 0 unspecified atom stereocenters. The van der Waals surface area contributed by atoms with Crippen LogP contribution in [0.25, 0.3) is 16.5 Å². The van der Waals surface area contributed by atoms with Gasteiger partial charge in [-0.25, -0.2) is 8.78 Å². The SMILES string of the molecule is Fc1ccc2[nH]cc(C3=CCN(CCN4CCN(c5ccccc5F)CC4)CC3)c2c1. The van der Waals surface area contributed by atoms with Crippen molar-refractivity contribution in [2.24, 2.45) is 0 Å². The molecule has 0 saturated carbocycles. The third-order valence-electron chi connectivity index (χ3n) is 6.58. The number of hydrogen-bond acceptors (Lipinski definition) is 3. The van der Waals surface area contributed by atoms with Crippen molar-refractivity contribution in [2.75, 3.05) is 57.3 Å². The largest absolute Gasteiger partial charge is 0.367 e. The van der Waals surface area contributed by atoms with E-state index >= 15 is 0 Å². The normalized spacial score (nSPS) is 18.5. The second kappa shape index (κ2) is 8.81. The minimum Gasteiger partial charge on any atom is -0.367 e. The predicted octanol–water partition coefficient (Wildman–Crippen LogP) is 4.36. The van der Waals surface area contributed by atoms with Gasteiger partial charge in [0.15, 0.2) is 0 Å². The highest BCUT2D eigenvalue weighted by Crippen LogP contribution is 2.29. The van der Waals surface area contributed by atoms with Crippen molar-refractivity contribution in [3.63, 3.8) is 0 Å². The second-order valence-electron chi connectivity index (χ2n) is 8.45. The Balaban J connectivity index is 1.13. The highest BCUT2D eigenvalue weighted by molar-refractivity contribution is 5.92. The molecule has 3 heterocycles. The van der Waals surface area contributed by atoms with Crippen molar-refractivity contribution in [1.29, 1.82) is 0 Å². The van der Waals surface area contributed by atoms with Gasteiger partial charge in [0.25, 0.3) is 0 Å². The number of fused-ring (bicyclic) bond motifs is 1. The van der Waals surface area contributed by atoms with E-state index in [-0.39, 0.29) is 11.6 Å². The van der Waals surface area contributed by atoms with Gasteiger partial charge >= 0.3 is 0 Å². The van der Waals surface area contributed by atoms with Gasteiger partial charge in [0.2, 0.25) is 0 Å². The van der Waals surface area contributed by atoms with Gasteiger partial charge in [0.1, 0.15) is 11.6 Å². The van der Waals surface area contributed by atoms with E-state index in [1.54, 1.807) is 18.2 Å². The number of H-pyrrole nitrogens is 1. The molecule has 162 valence electrons. The van der Waals surface area contributed by atoms with E-state index in [2.05, 4.69) is 25.8 Å². The van der Waals surface area contributed by atoms with E-state index in [0.717, 1.165) is 75.2 Å². The lowest BCUT2D eigenvalue weighted by atomic mass is 9.99. The number of hydrogen-bond donors (Lipinski definition) is 1. The second-order valence-corrected chi connectivity index (χ2v) is 8.45. The highest BCUT2D eigenvalue weighted by atomic mass is 19.1. The van der Waals surface area contributed by atoms with Crippen LogP contribution in [0.3, 0.4) is 0 Å². The van der Waals surface area contributed by atoms with Gasteiger partial charge in [-0.3, -0.25) is 9.80 Å². The Bertz CT molecular complexity index is 1080. The van der Waals surface area contributed by atoms with Crippen molar-refractivity contribution >= 4 is 22.2 Å². The molecule has 0 bridgehead atoms. The topological polar surface area (TPSA) is 25.5 Å². The van der Waals surface area contributed by atoms with Crippen LogP contribution in [0.15, 0.2) is 54.7 Å². The molecule has 1 N–H and O–H groups in total. The molecule has 4 nitrogen and oxygen atoms in total. The van der Waals surface area contributed by atoms with Crippen LogP contribution in [0.4, 0.5) is 14.5 Å². The Morgan fingerprint density at radius 1 is 0.871 bits per heavy atom. The summed E-state index contributed by atoms with van der Waals surface area (Å²) in [6, 6.07) is 12.0. The molecule has 1 aromatic heterocycles. The first kappa shape index (κ1) is 20.2. The fourth-order valence-corrected chi connectivity index (χ4v) is 4.72. The minimum absolute atomic E-state index is 0.134. The number of piperazine rings is 1. The first-order valence-electron chi connectivity index (χ1n) is 11.1. The van der Waals surface area contributed by atoms with E-state index in [1.165, 1.54) is 17.7 Å². The monoisotopic (exact) mass is 422 g/mol. The number of halogens is 2. The lowest BCUT2D eigenvalue weighted by Crippen LogP contribution is -2.49. The standard InChI is InChI=1S/C25H28F2N4/c26-20-5-6-24-21(17-20)22(18-28-24)19-7-9-29(10-8-19)11-12-30-13-15-31(16-14-30)25-4-2-1-3-23(25)27/h1-7,17-18,28H,8-16H2. The molecule has 1 fully saturated rings. The van der Waals surface area contributed by atoms with E-state index in [1.807, 2.05) is 18.3 Å². The van der Waals surface area contributed by atoms with Crippen LogP contribution >= 0.6 is 0 Å². The van der Waals surface area contributed by atoms with Crippen molar-refractivity contribution in [2.45, 2.75) is 6.42 Å². The average Bonchev–Trinajstić information content (AvgIpc) is 3.22. The van der Waals surface area contributed by atoms with E-state index in [4.69, 9.17) is 0 Å². The Labute approximate surface area is 181 Å². The quantitative estimate of drug-likeness (QED) is 0.662. The number of para-hydroxylation sites is 1. The van der Waals surface area contributed by atoms with Crippen LogP contribution in [0.5, 0.6) is 0 Å². The highest BCUT2D eigenvalue weighted by Gasteiger charge is 2.21. The summed E-state index contributed by atoms with van der Waals surface area (Å²) in [5.74, 6) is -0.328. The molecular formula is C25H28F2N4. The number of anilines is 1. The van der Waals surface area contributed by atoms with Crippen LogP contribution in [0, 0.1) is 11.6 Å².